The van der Waals surface area contributed by atoms with Crippen LogP contribution in [0.4, 0.5) is 5.82 Å². The van der Waals surface area contributed by atoms with Crippen LogP contribution in [0.5, 0.6) is 0 Å². The Morgan fingerprint density at radius 2 is 1.84 bits per heavy atom. The average molecular weight is 340 g/mol. The smallest absolute Gasteiger partial charge is 0.161 e. The van der Waals surface area contributed by atoms with Gasteiger partial charge in [0.1, 0.15) is 5.82 Å². The zero-order valence-corrected chi connectivity index (χ0v) is 14.4. The van der Waals surface area contributed by atoms with Crippen molar-refractivity contribution >= 4 is 5.82 Å². The van der Waals surface area contributed by atoms with Crippen molar-refractivity contribution in [2.45, 2.75) is 6.10 Å². The number of aromatic nitrogens is 2. The molecule has 2 aliphatic rings. The van der Waals surface area contributed by atoms with Crippen LogP contribution in [0.2, 0.25) is 0 Å². The molecule has 2 aliphatic heterocycles. The Hall–Kier alpha value is -2.02. The summed E-state index contributed by atoms with van der Waals surface area (Å²) >= 11 is 0. The highest BCUT2D eigenvalue weighted by Crippen LogP contribution is 2.20. The number of rotatable bonds is 4. The molecule has 2 saturated heterocycles. The molecule has 4 rings (SSSR count). The highest BCUT2D eigenvalue weighted by molar-refractivity contribution is 5.57. The third-order valence-electron chi connectivity index (χ3n) is 4.70. The summed E-state index contributed by atoms with van der Waals surface area (Å²) in [5, 5.41) is 0. The van der Waals surface area contributed by atoms with Crippen molar-refractivity contribution < 1.29 is 9.47 Å². The van der Waals surface area contributed by atoms with Crippen LogP contribution < -0.4 is 4.90 Å². The molecular formula is C19H24N4O2. The lowest BCUT2D eigenvalue weighted by Crippen LogP contribution is -2.50. The highest BCUT2D eigenvalue weighted by atomic mass is 16.5. The topological polar surface area (TPSA) is 50.7 Å². The quantitative estimate of drug-likeness (QED) is 0.844. The summed E-state index contributed by atoms with van der Waals surface area (Å²) in [4.78, 5) is 13.9. The number of hydrogen-bond donors (Lipinski definition) is 0. The summed E-state index contributed by atoms with van der Waals surface area (Å²) in [5.74, 6) is 1.75. The Labute approximate surface area is 148 Å². The lowest BCUT2D eigenvalue weighted by molar-refractivity contribution is -0.0172. The summed E-state index contributed by atoms with van der Waals surface area (Å²) in [6.45, 7) is 7.05. The van der Waals surface area contributed by atoms with Gasteiger partial charge in [0.05, 0.1) is 25.9 Å². The van der Waals surface area contributed by atoms with E-state index in [-0.39, 0.29) is 6.10 Å². The molecule has 0 saturated carbocycles. The van der Waals surface area contributed by atoms with Crippen LogP contribution >= 0.6 is 0 Å². The van der Waals surface area contributed by atoms with Gasteiger partial charge in [-0.25, -0.2) is 9.97 Å². The Balaban J connectivity index is 1.44. The molecule has 6 nitrogen and oxygen atoms in total. The van der Waals surface area contributed by atoms with E-state index in [1.54, 1.807) is 0 Å². The van der Waals surface area contributed by atoms with Gasteiger partial charge in [-0.15, -0.1) is 0 Å². The molecule has 1 aromatic heterocycles. The van der Waals surface area contributed by atoms with Crippen molar-refractivity contribution in [3.8, 4) is 11.4 Å². The van der Waals surface area contributed by atoms with Crippen LogP contribution in [-0.4, -0.2) is 73.5 Å². The molecule has 6 heteroatoms. The Morgan fingerprint density at radius 1 is 1.00 bits per heavy atom. The van der Waals surface area contributed by atoms with E-state index in [4.69, 9.17) is 14.5 Å². The number of ether oxygens (including phenoxy) is 2. The fourth-order valence-electron chi connectivity index (χ4n) is 3.36. The molecule has 2 aromatic rings. The largest absolute Gasteiger partial charge is 0.379 e. The van der Waals surface area contributed by atoms with Crippen molar-refractivity contribution in [2.75, 3.05) is 57.4 Å². The van der Waals surface area contributed by atoms with Crippen molar-refractivity contribution in [1.29, 1.82) is 0 Å². The summed E-state index contributed by atoms with van der Waals surface area (Å²) in [5.41, 5.74) is 1.04. The van der Waals surface area contributed by atoms with Crippen molar-refractivity contribution in [1.82, 2.24) is 14.9 Å². The second-order valence-corrected chi connectivity index (χ2v) is 6.46. The Morgan fingerprint density at radius 3 is 2.68 bits per heavy atom. The van der Waals surface area contributed by atoms with Gasteiger partial charge >= 0.3 is 0 Å². The molecule has 0 radical (unpaired) electrons. The molecule has 1 atom stereocenters. The van der Waals surface area contributed by atoms with Crippen LogP contribution in [0.1, 0.15) is 0 Å². The van der Waals surface area contributed by atoms with Crippen molar-refractivity contribution in [3.63, 3.8) is 0 Å². The van der Waals surface area contributed by atoms with Crippen molar-refractivity contribution in [3.05, 3.63) is 42.6 Å². The molecule has 132 valence electrons. The van der Waals surface area contributed by atoms with E-state index >= 15 is 0 Å². The predicted molar refractivity (Wildman–Crippen MR) is 96.7 cm³/mol. The fraction of sp³-hybridized carbons (Fsp3) is 0.474. The van der Waals surface area contributed by atoms with Crippen LogP contribution in [0.15, 0.2) is 42.6 Å². The Bertz CT molecular complexity index is 676. The first-order valence-electron chi connectivity index (χ1n) is 8.93. The monoisotopic (exact) mass is 340 g/mol. The van der Waals surface area contributed by atoms with E-state index in [1.807, 2.05) is 42.6 Å². The van der Waals surface area contributed by atoms with E-state index in [0.717, 1.165) is 69.8 Å². The number of hydrogen-bond acceptors (Lipinski definition) is 6. The molecule has 25 heavy (non-hydrogen) atoms. The second-order valence-electron chi connectivity index (χ2n) is 6.46. The van der Waals surface area contributed by atoms with E-state index in [1.165, 1.54) is 0 Å². The minimum Gasteiger partial charge on any atom is -0.379 e. The van der Waals surface area contributed by atoms with E-state index < -0.39 is 0 Å². The summed E-state index contributed by atoms with van der Waals surface area (Å²) in [6.07, 6.45) is 2.05. The van der Waals surface area contributed by atoms with Gasteiger partial charge in [-0.05, 0) is 6.07 Å². The first kappa shape index (κ1) is 16.4. The predicted octanol–water partition coefficient (Wildman–Crippen LogP) is 1.68. The molecule has 0 aliphatic carbocycles. The van der Waals surface area contributed by atoms with E-state index in [0.29, 0.717) is 0 Å². The van der Waals surface area contributed by atoms with Crippen LogP contribution in [-0.2, 0) is 9.47 Å². The van der Waals surface area contributed by atoms with Gasteiger partial charge in [0.2, 0.25) is 0 Å². The molecule has 0 N–H and O–H groups in total. The number of nitrogens with zero attached hydrogens (tertiary/aromatic N) is 4. The second kappa shape index (κ2) is 7.91. The lowest BCUT2D eigenvalue weighted by Gasteiger charge is -2.37. The van der Waals surface area contributed by atoms with Gasteiger partial charge in [-0.1, -0.05) is 30.3 Å². The van der Waals surface area contributed by atoms with Gasteiger partial charge in [-0.2, -0.15) is 0 Å². The van der Waals surface area contributed by atoms with Crippen molar-refractivity contribution in [2.24, 2.45) is 0 Å². The maximum Gasteiger partial charge on any atom is 0.161 e. The standard InChI is InChI=1S/C19H24N4O2/c1-2-4-16(5-3-1)19-20-7-6-18(21-19)23-10-13-25-17(15-23)14-22-8-11-24-12-9-22/h1-7,17H,8-15H2. The molecule has 0 amide bonds. The SMILES string of the molecule is c1ccc(-c2nccc(N3CCOC(CN4CCOCC4)C3)n2)cc1. The number of morpholine rings is 2. The zero-order chi connectivity index (χ0) is 16.9. The maximum atomic E-state index is 5.98. The first-order chi connectivity index (χ1) is 12.4. The van der Waals surface area contributed by atoms with Crippen LogP contribution in [0.3, 0.4) is 0 Å². The van der Waals surface area contributed by atoms with Gasteiger partial charge in [-0.3, -0.25) is 4.90 Å². The molecular weight excluding hydrogens is 316 g/mol. The normalized spacial score (nSPS) is 22.1. The molecule has 0 spiro atoms. The Kier molecular flexibility index (Phi) is 5.20. The summed E-state index contributed by atoms with van der Waals surface area (Å²) in [7, 11) is 0. The fourth-order valence-corrected chi connectivity index (χ4v) is 3.36. The van der Waals surface area contributed by atoms with Crippen LogP contribution in [0, 0.1) is 0 Å². The summed E-state index contributed by atoms with van der Waals surface area (Å²) < 4.78 is 11.4. The lowest BCUT2D eigenvalue weighted by atomic mass is 10.2. The van der Waals surface area contributed by atoms with Gasteiger partial charge in [0.15, 0.2) is 5.82 Å². The average Bonchev–Trinajstić information content (AvgIpc) is 2.70. The van der Waals surface area contributed by atoms with Gasteiger partial charge in [0.25, 0.3) is 0 Å². The minimum absolute atomic E-state index is 0.210. The molecule has 1 aromatic carbocycles. The van der Waals surface area contributed by atoms with E-state index in [2.05, 4.69) is 14.8 Å². The maximum absolute atomic E-state index is 5.98. The van der Waals surface area contributed by atoms with Crippen LogP contribution in [0.25, 0.3) is 11.4 Å². The van der Waals surface area contributed by atoms with E-state index in [9.17, 15) is 0 Å². The zero-order valence-electron chi connectivity index (χ0n) is 14.4. The molecule has 2 fully saturated rings. The third kappa shape index (κ3) is 4.15. The molecule has 3 heterocycles. The number of benzene rings is 1. The summed E-state index contributed by atoms with van der Waals surface area (Å²) in [6, 6.07) is 12.1. The number of anilines is 1. The molecule has 0 bridgehead atoms. The minimum atomic E-state index is 0.210. The van der Waals surface area contributed by atoms with Gasteiger partial charge in [0, 0.05) is 44.5 Å². The first-order valence-corrected chi connectivity index (χ1v) is 8.93. The van der Waals surface area contributed by atoms with Gasteiger partial charge < -0.3 is 14.4 Å². The molecule has 1 unspecified atom stereocenters. The highest BCUT2D eigenvalue weighted by Gasteiger charge is 2.24. The third-order valence-corrected chi connectivity index (χ3v) is 4.70.